The van der Waals surface area contributed by atoms with Crippen LogP contribution in [0.1, 0.15) is 13.8 Å². The first-order chi connectivity index (χ1) is 6.24. The van der Waals surface area contributed by atoms with Crippen molar-refractivity contribution in [3.8, 4) is 0 Å². The predicted octanol–water partition coefficient (Wildman–Crippen LogP) is 3.25. The monoisotopic (exact) mass is 262 g/mol. The van der Waals surface area contributed by atoms with Crippen LogP contribution in [0.15, 0.2) is 25.3 Å². The molecule has 13 heavy (non-hydrogen) atoms. The number of hydrogen-bond acceptors (Lipinski definition) is 2. The molecule has 2 nitrogen and oxygen atoms in total. The third-order valence-corrected chi connectivity index (χ3v) is 10.2. The Morgan fingerprint density at radius 1 is 1.00 bits per heavy atom. The third kappa shape index (κ3) is 4.90. The minimum atomic E-state index is -2.80. The van der Waals surface area contributed by atoms with Crippen molar-refractivity contribution in [1.82, 2.24) is 0 Å². The third-order valence-electron chi connectivity index (χ3n) is 1.73. The fraction of sp³-hybridized carbons (Fsp3) is 0.600. The molecule has 0 unspecified atom stereocenters. The zero-order valence-corrected chi connectivity index (χ0v) is 11.2. The van der Waals surface area contributed by atoms with Crippen molar-refractivity contribution >= 4 is 0 Å². The summed E-state index contributed by atoms with van der Waals surface area (Å²) in [7, 11) is 0. The molecular weight excluding hydrogens is 243 g/mol. The van der Waals surface area contributed by atoms with Gasteiger partial charge in [0.25, 0.3) is 0 Å². The summed E-state index contributed by atoms with van der Waals surface area (Å²) >= 11 is -2.80. The molecule has 0 aromatic rings. The van der Waals surface area contributed by atoms with Crippen molar-refractivity contribution in [3.05, 3.63) is 25.3 Å². The topological polar surface area (TPSA) is 18.5 Å². The summed E-state index contributed by atoms with van der Waals surface area (Å²) < 4.78 is 13.4. The van der Waals surface area contributed by atoms with Crippen LogP contribution in [-0.4, -0.2) is 13.2 Å². The Kier molecular flexibility index (Phi) is 7.83. The molecule has 3 heteroatoms. The van der Waals surface area contributed by atoms with E-state index in [1.54, 1.807) is 0 Å². The van der Waals surface area contributed by atoms with Crippen LogP contribution in [0.2, 0.25) is 8.26 Å². The van der Waals surface area contributed by atoms with Gasteiger partial charge in [0.05, 0.1) is 0 Å². The molecule has 0 aliphatic heterocycles. The molecule has 0 N–H and O–H groups in total. The molecular formula is C10H20O2Zr. The average molecular weight is 263 g/mol. The summed E-state index contributed by atoms with van der Waals surface area (Å²) in [5, 5.41) is 0. The van der Waals surface area contributed by atoms with Gasteiger partial charge < -0.3 is 0 Å². The SMILES string of the molecule is C=C[CH2][Zr]([CH2]C=C)([O]CC)[O]CC. The van der Waals surface area contributed by atoms with Gasteiger partial charge in [-0.3, -0.25) is 0 Å². The Balaban J connectivity index is 4.35. The van der Waals surface area contributed by atoms with Gasteiger partial charge in [-0.15, -0.1) is 0 Å². The molecule has 0 aromatic carbocycles. The summed E-state index contributed by atoms with van der Waals surface area (Å²) in [6, 6.07) is 0. The van der Waals surface area contributed by atoms with E-state index in [1.807, 2.05) is 26.0 Å². The summed E-state index contributed by atoms with van der Waals surface area (Å²) in [5.74, 6) is 0. The van der Waals surface area contributed by atoms with E-state index in [-0.39, 0.29) is 0 Å². The van der Waals surface area contributed by atoms with Crippen LogP contribution >= 0.6 is 0 Å². The second-order valence-corrected chi connectivity index (χ2v) is 10.7. The van der Waals surface area contributed by atoms with Crippen molar-refractivity contribution in [1.29, 1.82) is 0 Å². The minimum absolute atomic E-state index is 0.734. The van der Waals surface area contributed by atoms with Crippen LogP contribution in [0.4, 0.5) is 0 Å². The van der Waals surface area contributed by atoms with E-state index in [0.717, 1.165) is 21.5 Å². The molecule has 0 saturated carbocycles. The molecule has 0 heterocycles. The van der Waals surface area contributed by atoms with Gasteiger partial charge in [-0.1, -0.05) is 0 Å². The van der Waals surface area contributed by atoms with Crippen LogP contribution in [0.3, 0.4) is 0 Å². The molecule has 76 valence electrons. The molecule has 0 aromatic heterocycles. The number of allylic oxidation sites excluding steroid dienone is 2. The van der Waals surface area contributed by atoms with Crippen LogP contribution in [-0.2, 0) is 26.8 Å². The summed E-state index contributed by atoms with van der Waals surface area (Å²) in [6.07, 6.45) is 3.82. The van der Waals surface area contributed by atoms with E-state index in [9.17, 15) is 0 Å². The van der Waals surface area contributed by atoms with E-state index < -0.39 is 21.1 Å². The van der Waals surface area contributed by atoms with Crippen LogP contribution in [0, 0.1) is 0 Å². The van der Waals surface area contributed by atoms with Crippen LogP contribution in [0.25, 0.3) is 0 Å². The maximum absolute atomic E-state index is 5.80. The van der Waals surface area contributed by atoms with E-state index in [0.29, 0.717) is 0 Å². The maximum atomic E-state index is 5.80. The molecule has 0 atom stereocenters. The van der Waals surface area contributed by atoms with E-state index >= 15 is 0 Å². The van der Waals surface area contributed by atoms with Crippen molar-refractivity contribution in [2.75, 3.05) is 13.2 Å². The van der Waals surface area contributed by atoms with Gasteiger partial charge in [0, 0.05) is 0 Å². The molecule has 0 saturated heterocycles. The van der Waals surface area contributed by atoms with Gasteiger partial charge in [0.15, 0.2) is 0 Å². The van der Waals surface area contributed by atoms with Crippen molar-refractivity contribution in [2.24, 2.45) is 0 Å². The zero-order valence-electron chi connectivity index (χ0n) is 8.71. The Labute approximate surface area is 87.3 Å². The van der Waals surface area contributed by atoms with E-state index in [4.69, 9.17) is 5.63 Å². The first kappa shape index (κ1) is 13.3. The van der Waals surface area contributed by atoms with Gasteiger partial charge in [0.1, 0.15) is 0 Å². The summed E-state index contributed by atoms with van der Waals surface area (Å²) in [5.41, 5.74) is 0. The second kappa shape index (κ2) is 7.67. The number of rotatable bonds is 8. The van der Waals surface area contributed by atoms with Gasteiger partial charge >= 0.3 is 87.4 Å². The first-order valence-electron chi connectivity index (χ1n) is 4.74. The van der Waals surface area contributed by atoms with Crippen molar-refractivity contribution in [2.45, 2.75) is 22.1 Å². The average Bonchev–Trinajstić information content (AvgIpc) is 2.06. The molecule has 0 aliphatic carbocycles. The van der Waals surface area contributed by atoms with E-state index in [1.165, 1.54) is 0 Å². The van der Waals surface area contributed by atoms with Gasteiger partial charge in [-0.25, -0.2) is 0 Å². The Morgan fingerprint density at radius 2 is 1.38 bits per heavy atom. The molecule has 0 bridgehead atoms. The van der Waals surface area contributed by atoms with E-state index in [2.05, 4.69) is 13.2 Å². The van der Waals surface area contributed by atoms with Crippen LogP contribution in [0.5, 0.6) is 0 Å². The zero-order chi connectivity index (χ0) is 10.2. The molecule has 0 radical (unpaired) electrons. The van der Waals surface area contributed by atoms with Crippen molar-refractivity contribution < 1.29 is 26.8 Å². The summed E-state index contributed by atoms with van der Waals surface area (Å²) in [4.78, 5) is 0. The first-order valence-corrected chi connectivity index (χ1v) is 10.2. The molecule has 0 fully saturated rings. The molecule has 0 aliphatic rings. The van der Waals surface area contributed by atoms with Gasteiger partial charge in [-0.05, 0) is 0 Å². The standard InChI is InChI=1S/2C3H5.2C2H5O.Zr/c2*1-3-2;2*1-2-3;/h2*3H,1-2H2;2*2H2,1H3;/q;;2*-1;+2. The van der Waals surface area contributed by atoms with Crippen LogP contribution < -0.4 is 0 Å². The summed E-state index contributed by atoms with van der Waals surface area (Å²) in [6.45, 7) is 13.0. The molecule has 0 amide bonds. The fourth-order valence-electron chi connectivity index (χ4n) is 1.33. The van der Waals surface area contributed by atoms with Gasteiger partial charge in [-0.2, -0.15) is 0 Å². The second-order valence-electron chi connectivity index (χ2n) is 2.76. The quantitative estimate of drug-likeness (QED) is 0.626. The Hall–Kier alpha value is 0.283. The normalized spacial score (nSPS) is 11.2. The fourth-order valence-corrected chi connectivity index (χ4v) is 7.85. The molecule has 0 spiro atoms. The van der Waals surface area contributed by atoms with Crippen molar-refractivity contribution in [3.63, 3.8) is 0 Å². The van der Waals surface area contributed by atoms with Gasteiger partial charge in [0.2, 0.25) is 0 Å². The Bertz CT molecular complexity index is 139. The Morgan fingerprint density at radius 3 is 1.62 bits per heavy atom. The predicted molar refractivity (Wildman–Crippen MR) is 53.3 cm³/mol. The number of hydrogen-bond donors (Lipinski definition) is 0. The molecule has 0 rings (SSSR count).